The van der Waals surface area contributed by atoms with Gasteiger partial charge in [-0.05, 0) is 12.1 Å². The third-order valence-corrected chi connectivity index (χ3v) is 2.20. The van der Waals surface area contributed by atoms with E-state index in [1.807, 2.05) is 0 Å². The highest BCUT2D eigenvalue weighted by molar-refractivity contribution is 9.10. The van der Waals surface area contributed by atoms with Gasteiger partial charge in [-0.25, -0.2) is 4.79 Å². The van der Waals surface area contributed by atoms with Crippen LogP contribution in [0.1, 0.15) is 10.4 Å². The topological polar surface area (TPSA) is 76.0 Å². The number of carbonyl (C=O) groups is 2. The number of ether oxygens (including phenoxy) is 1. The third-order valence-electron chi connectivity index (χ3n) is 1.67. The molecule has 0 radical (unpaired) electrons. The Morgan fingerprint density at radius 2 is 2.00 bits per heavy atom. The van der Waals surface area contributed by atoms with Gasteiger partial charge in [0.1, 0.15) is 0 Å². The largest absolute Gasteiger partial charge is 0.453 e. The molecule has 1 aromatic carbocycles. The van der Waals surface area contributed by atoms with Crippen molar-refractivity contribution in [2.75, 3.05) is 6.61 Å². The molecule has 0 saturated carbocycles. The van der Waals surface area contributed by atoms with Gasteiger partial charge in [0.25, 0.3) is 0 Å². The van der Waals surface area contributed by atoms with Crippen LogP contribution in [-0.4, -0.2) is 29.8 Å². The molecule has 0 atom stereocenters. The van der Waals surface area contributed by atoms with Gasteiger partial charge in [0.05, 0.1) is 0 Å². The molecule has 0 saturated heterocycles. The van der Waals surface area contributed by atoms with Gasteiger partial charge in [-0.2, -0.15) is 0 Å². The summed E-state index contributed by atoms with van der Waals surface area (Å²) < 4.78 is 5.37. The van der Waals surface area contributed by atoms with Crippen LogP contribution in [0.25, 0.3) is 0 Å². The van der Waals surface area contributed by atoms with Gasteiger partial charge >= 0.3 is 5.97 Å². The molecule has 0 unspecified atom stereocenters. The maximum absolute atomic E-state index is 11.5. The summed E-state index contributed by atoms with van der Waals surface area (Å²) in [6, 6.07) is 6.65. The number of esters is 1. The lowest BCUT2D eigenvalue weighted by Gasteiger charge is -2.01. The average molecular weight is 286 g/mol. The van der Waals surface area contributed by atoms with Crippen molar-refractivity contribution in [2.24, 2.45) is 5.16 Å². The van der Waals surface area contributed by atoms with E-state index >= 15 is 0 Å². The minimum Gasteiger partial charge on any atom is -0.453 e. The van der Waals surface area contributed by atoms with Crippen LogP contribution in [0.4, 0.5) is 0 Å². The van der Waals surface area contributed by atoms with E-state index in [4.69, 9.17) is 5.21 Å². The molecule has 0 bridgehead atoms. The summed E-state index contributed by atoms with van der Waals surface area (Å²) in [7, 11) is 0. The first-order chi connectivity index (χ1) is 7.63. The van der Waals surface area contributed by atoms with Gasteiger partial charge in [-0.3, -0.25) is 4.79 Å². The Bertz CT molecular complexity index is 413. The maximum Gasteiger partial charge on any atom is 0.353 e. The number of hydrogen-bond donors (Lipinski definition) is 1. The highest BCUT2D eigenvalue weighted by Crippen LogP contribution is 2.10. The summed E-state index contributed by atoms with van der Waals surface area (Å²) >= 11 is 3.24. The summed E-state index contributed by atoms with van der Waals surface area (Å²) in [4.78, 5) is 22.2. The quantitative estimate of drug-likeness (QED) is 0.300. The first kappa shape index (κ1) is 12.4. The second-order valence-corrected chi connectivity index (χ2v) is 3.70. The van der Waals surface area contributed by atoms with E-state index < -0.39 is 5.97 Å². The Kier molecular flexibility index (Phi) is 4.65. The number of nitrogens with zero attached hydrogens (tertiary/aromatic N) is 1. The lowest BCUT2D eigenvalue weighted by molar-refractivity contribution is -0.134. The third kappa shape index (κ3) is 3.82. The maximum atomic E-state index is 11.5. The van der Waals surface area contributed by atoms with E-state index in [1.54, 1.807) is 24.3 Å². The molecular formula is C10H8BrNO4. The monoisotopic (exact) mass is 285 g/mol. The van der Waals surface area contributed by atoms with E-state index in [0.717, 1.165) is 4.47 Å². The summed E-state index contributed by atoms with van der Waals surface area (Å²) in [6.45, 7) is -0.382. The number of Topliss-reactive ketones (excluding diaryl/α,β-unsaturated/α-hetero) is 1. The fourth-order valence-corrected chi connectivity index (χ4v) is 1.20. The number of oxime groups is 1. The molecule has 0 aliphatic heterocycles. The predicted octanol–water partition coefficient (Wildman–Crippen LogP) is 1.64. The van der Waals surface area contributed by atoms with E-state index in [9.17, 15) is 9.59 Å². The van der Waals surface area contributed by atoms with Crippen molar-refractivity contribution in [1.82, 2.24) is 0 Å². The molecule has 5 nitrogen and oxygen atoms in total. The van der Waals surface area contributed by atoms with Crippen LogP contribution in [0.2, 0.25) is 0 Å². The van der Waals surface area contributed by atoms with E-state index in [2.05, 4.69) is 25.8 Å². The van der Waals surface area contributed by atoms with Crippen LogP contribution in [0, 0.1) is 0 Å². The van der Waals surface area contributed by atoms with Crippen molar-refractivity contribution in [2.45, 2.75) is 0 Å². The molecule has 0 amide bonds. The highest BCUT2D eigenvalue weighted by atomic mass is 79.9. The Morgan fingerprint density at radius 1 is 1.38 bits per heavy atom. The van der Waals surface area contributed by atoms with Gasteiger partial charge < -0.3 is 9.94 Å². The van der Waals surface area contributed by atoms with Gasteiger partial charge in [0, 0.05) is 10.0 Å². The van der Waals surface area contributed by atoms with Gasteiger partial charge in [0.15, 0.2) is 18.6 Å². The lowest BCUT2D eigenvalue weighted by Crippen LogP contribution is -2.14. The van der Waals surface area contributed by atoms with Crippen molar-refractivity contribution in [3.05, 3.63) is 34.3 Å². The zero-order valence-corrected chi connectivity index (χ0v) is 9.68. The van der Waals surface area contributed by atoms with Crippen LogP contribution < -0.4 is 0 Å². The molecule has 16 heavy (non-hydrogen) atoms. The SMILES string of the molecule is O=C(/C=N/O)OCC(=O)c1ccc(Br)cc1. The van der Waals surface area contributed by atoms with Crippen LogP contribution >= 0.6 is 15.9 Å². The molecule has 1 N–H and O–H groups in total. The van der Waals surface area contributed by atoms with Crippen molar-refractivity contribution in [3.8, 4) is 0 Å². The number of ketones is 1. The molecule has 0 aromatic heterocycles. The summed E-state index contributed by atoms with van der Waals surface area (Å²) in [6.07, 6.45) is 0.578. The molecule has 0 aliphatic carbocycles. The zero-order chi connectivity index (χ0) is 12.0. The standard InChI is InChI=1S/C10H8BrNO4/c11-8-3-1-7(2-4-8)9(13)6-16-10(14)5-12-15/h1-5,15H,6H2/b12-5+. The molecule has 84 valence electrons. The fraction of sp³-hybridized carbons (Fsp3) is 0.100. The van der Waals surface area contributed by atoms with E-state index in [-0.39, 0.29) is 12.4 Å². The minimum atomic E-state index is -0.868. The van der Waals surface area contributed by atoms with Crippen LogP contribution in [0.5, 0.6) is 0 Å². The van der Waals surface area contributed by atoms with Crippen LogP contribution in [0.3, 0.4) is 0 Å². The summed E-state index contributed by atoms with van der Waals surface area (Å²) in [5.74, 6) is -1.19. The normalized spacial score (nSPS) is 10.3. The highest BCUT2D eigenvalue weighted by Gasteiger charge is 2.08. The summed E-state index contributed by atoms with van der Waals surface area (Å²) in [5.41, 5.74) is 0.442. The molecule has 6 heteroatoms. The molecular weight excluding hydrogens is 278 g/mol. The Morgan fingerprint density at radius 3 is 2.56 bits per heavy atom. The zero-order valence-electron chi connectivity index (χ0n) is 8.09. The summed E-state index contributed by atoms with van der Waals surface area (Å²) in [5, 5.41) is 10.5. The lowest BCUT2D eigenvalue weighted by atomic mass is 10.1. The number of halogens is 1. The first-order valence-corrected chi connectivity index (χ1v) is 5.05. The Labute approximate surface area is 99.8 Å². The molecule has 0 aliphatic rings. The fourth-order valence-electron chi connectivity index (χ4n) is 0.940. The van der Waals surface area contributed by atoms with Crippen molar-refractivity contribution < 1.29 is 19.5 Å². The molecule has 1 rings (SSSR count). The van der Waals surface area contributed by atoms with Crippen molar-refractivity contribution in [3.63, 3.8) is 0 Å². The number of hydrogen-bond acceptors (Lipinski definition) is 5. The van der Waals surface area contributed by atoms with E-state index in [1.165, 1.54) is 0 Å². The minimum absolute atomic E-state index is 0.327. The second-order valence-electron chi connectivity index (χ2n) is 2.78. The molecule has 0 spiro atoms. The van der Waals surface area contributed by atoms with Crippen LogP contribution in [-0.2, 0) is 9.53 Å². The van der Waals surface area contributed by atoms with Crippen LogP contribution in [0.15, 0.2) is 33.9 Å². The predicted molar refractivity (Wildman–Crippen MR) is 59.7 cm³/mol. The molecule has 0 fully saturated rings. The van der Waals surface area contributed by atoms with Crippen molar-refractivity contribution in [1.29, 1.82) is 0 Å². The second kappa shape index (κ2) is 6.02. The first-order valence-electron chi connectivity index (χ1n) is 4.26. The number of benzene rings is 1. The van der Waals surface area contributed by atoms with E-state index in [0.29, 0.717) is 11.8 Å². The van der Waals surface area contributed by atoms with Gasteiger partial charge in [-0.1, -0.05) is 33.2 Å². The number of carbonyl (C=O) groups excluding carboxylic acids is 2. The van der Waals surface area contributed by atoms with Gasteiger partial charge in [-0.15, -0.1) is 0 Å². The molecule has 0 heterocycles. The van der Waals surface area contributed by atoms with Gasteiger partial charge in [0.2, 0.25) is 0 Å². The smallest absolute Gasteiger partial charge is 0.353 e. The average Bonchev–Trinajstić information content (AvgIpc) is 2.27. The van der Waals surface area contributed by atoms with Crippen molar-refractivity contribution >= 4 is 33.9 Å². The Balaban J connectivity index is 2.53. The Hall–Kier alpha value is -1.69. The molecule has 1 aromatic rings. The number of rotatable bonds is 4.